The minimum Gasteiger partial charge on any atom is -0.263 e. The van der Waals surface area contributed by atoms with Gasteiger partial charge in [-0.3, -0.25) is 4.18 Å². The van der Waals surface area contributed by atoms with Crippen LogP contribution in [0.4, 0.5) is 0 Å². The molecule has 6 unspecified atom stereocenters. The molecule has 5 aliphatic carbocycles. The van der Waals surface area contributed by atoms with Gasteiger partial charge in [0, 0.05) is 4.47 Å². The van der Waals surface area contributed by atoms with Crippen LogP contribution in [-0.2, 0) is 14.3 Å². The predicted octanol–water partition coefficient (Wildman–Crippen LogP) is 3.05. The van der Waals surface area contributed by atoms with Crippen molar-refractivity contribution in [1.82, 2.24) is 0 Å². The van der Waals surface area contributed by atoms with Crippen LogP contribution in [0, 0.1) is 35.5 Å². The van der Waals surface area contributed by atoms with E-state index in [1.807, 2.05) is 0 Å². The maximum Gasteiger partial charge on any atom is 0.297 e. The Bertz CT molecular complexity index is 684. The van der Waals surface area contributed by atoms with E-state index in [0.717, 1.165) is 40.5 Å². The Morgan fingerprint density at radius 2 is 1.65 bits per heavy atom. The molecule has 6 bridgehead atoms. The monoisotopic (exact) mass is 354 g/mol. The van der Waals surface area contributed by atoms with Crippen LogP contribution in [0.2, 0.25) is 0 Å². The van der Waals surface area contributed by atoms with Gasteiger partial charge >= 0.3 is 0 Å². The minimum atomic E-state index is -3.61. The summed E-state index contributed by atoms with van der Waals surface area (Å²) in [4.78, 5) is 0.267. The van der Waals surface area contributed by atoms with Crippen molar-refractivity contribution in [3.63, 3.8) is 0 Å². The van der Waals surface area contributed by atoms with E-state index in [1.54, 1.807) is 24.3 Å². The Labute approximate surface area is 127 Å². The first-order chi connectivity index (χ1) is 9.56. The number of rotatable bonds is 3. The molecule has 106 valence electrons. The molecule has 5 aliphatic rings. The van der Waals surface area contributed by atoms with E-state index in [4.69, 9.17) is 4.18 Å². The molecule has 0 spiro atoms. The number of hydrogen-bond donors (Lipinski definition) is 0. The molecule has 0 amide bonds. The van der Waals surface area contributed by atoms with Crippen molar-refractivity contribution in [3.05, 3.63) is 28.7 Å². The Kier molecular flexibility index (Phi) is 2.24. The van der Waals surface area contributed by atoms with Crippen molar-refractivity contribution < 1.29 is 12.6 Å². The molecule has 3 nitrogen and oxygen atoms in total. The summed E-state index contributed by atoms with van der Waals surface area (Å²) in [7, 11) is -3.61. The molecule has 1 aromatic rings. The van der Waals surface area contributed by atoms with Crippen molar-refractivity contribution in [3.8, 4) is 0 Å². The second-order valence-electron chi connectivity index (χ2n) is 6.74. The van der Waals surface area contributed by atoms with Crippen molar-refractivity contribution in [2.24, 2.45) is 35.5 Å². The van der Waals surface area contributed by atoms with Crippen LogP contribution >= 0.6 is 15.9 Å². The van der Waals surface area contributed by atoms with Gasteiger partial charge in [0.25, 0.3) is 10.1 Å². The third-order valence-electron chi connectivity index (χ3n) is 6.11. The van der Waals surface area contributed by atoms with Crippen molar-refractivity contribution >= 4 is 26.0 Å². The molecule has 6 rings (SSSR count). The molecular weight excluding hydrogens is 340 g/mol. The molecule has 5 heteroatoms. The van der Waals surface area contributed by atoms with E-state index in [0.29, 0.717) is 5.92 Å². The van der Waals surface area contributed by atoms with Crippen molar-refractivity contribution in [1.29, 1.82) is 0 Å². The molecule has 0 N–H and O–H groups in total. The van der Waals surface area contributed by atoms with Gasteiger partial charge in [-0.05, 0) is 72.6 Å². The smallest absolute Gasteiger partial charge is 0.263 e. The summed E-state index contributed by atoms with van der Waals surface area (Å²) in [5, 5.41) is 0. The minimum absolute atomic E-state index is 0.0626. The first-order valence-electron chi connectivity index (χ1n) is 7.25. The zero-order valence-electron chi connectivity index (χ0n) is 10.8. The van der Waals surface area contributed by atoms with Gasteiger partial charge in [-0.1, -0.05) is 15.9 Å². The molecule has 20 heavy (non-hydrogen) atoms. The van der Waals surface area contributed by atoms with E-state index < -0.39 is 10.1 Å². The Balaban J connectivity index is 1.41. The molecule has 0 aliphatic heterocycles. The van der Waals surface area contributed by atoms with Gasteiger partial charge in [0.2, 0.25) is 0 Å². The molecule has 0 heterocycles. The molecule has 5 saturated carbocycles. The Hall–Kier alpha value is -0.390. The molecule has 1 aromatic carbocycles. The lowest BCUT2D eigenvalue weighted by Crippen LogP contribution is -2.26. The number of hydrogen-bond acceptors (Lipinski definition) is 3. The molecule has 5 fully saturated rings. The maximum atomic E-state index is 12.4. The average molecular weight is 355 g/mol. The quantitative estimate of drug-likeness (QED) is 0.783. The standard InChI is InChI=1S/C15H15BrO3S/c16-7-1-3-8(4-2-7)20(17,18)19-12-6-10-9-5-11-13(10)15(11)14(9)12/h1-4,9-15H,5-6H2/t9?,10?,11?,12-,13?,14?,15?/m1/s1. The predicted molar refractivity (Wildman–Crippen MR) is 76.4 cm³/mol. The van der Waals surface area contributed by atoms with E-state index in [9.17, 15) is 8.42 Å². The van der Waals surface area contributed by atoms with Gasteiger partial charge in [0.15, 0.2) is 0 Å². The van der Waals surface area contributed by atoms with Gasteiger partial charge in [-0.25, -0.2) is 0 Å². The fraction of sp³-hybridized carbons (Fsp3) is 0.600. The van der Waals surface area contributed by atoms with Gasteiger partial charge in [0.1, 0.15) is 0 Å². The SMILES string of the molecule is O=S(=O)(O[C@@H]1CC2C3CC4C2C4C31)c1ccc(Br)cc1. The van der Waals surface area contributed by atoms with Crippen LogP contribution < -0.4 is 0 Å². The zero-order chi connectivity index (χ0) is 13.6. The van der Waals surface area contributed by atoms with Crippen LogP contribution in [0.3, 0.4) is 0 Å². The highest BCUT2D eigenvalue weighted by atomic mass is 79.9. The fourth-order valence-corrected chi connectivity index (χ4v) is 6.97. The second-order valence-corrected chi connectivity index (χ2v) is 9.23. The lowest BCUT2D eigenvalue weighted by atomic mass is 9.98. The molecule has 7 atom stereocenters. The van der Waals surface area contributed by atoms with Crippen LogP contribution in [0.1, 0.15) is 12.8 Å². The summed E-state index contributed by atoms with van der Waals surface area (Å²) in [6.45, 7) is 0. The zero-order valence-corrected chi connectivity index (χ0v) is 13.2. The normalized spacial score (nSPS) is 47.0. The van der Waals surface area contributed by atoms with Gasteiger partial charge in [0.05, 0.1) is 11.0 Å². The molecule has 0 aromatic heterocycles. The highest BCUT2D eigenvalue weighted by Crippen LogP contribution is 2.81. The lowest BCUT2D eigenvalue weighted by molar-refractivity contribution is 0.135. The van der Waals surface area contributed by atoms with Gasteiger partial charge in [-0.2, -0.15) is 8.42 Å². The summed E-state index contributed by atoms with van der Waals surface area (Å²) < 4.78 is 31.2. The topological polar surface area (TPSA) is 43.4 Å². The highest BCUT2D eigenvalue weighted by molar-refractivity contribution is 9.10. The van der Waals surface area contributed by atoms with Crippen molar-refractivity contribution in [2.45, 2.75) is 23.8 Å². The van der Waals surface area contributed by atoms with Crippen LogP contribution in [0.25, 0.3) is 0 Å². The summed E-state index contributed by atoms with van der Waals surface area (Å²) in [6, 6.07) is 6.69. The van der Waals surface area contributed by atoms with E-state index in [2.05, 4.69) is 15.9 Å². The maximum absolute atomic E-state index is 12.4. The Morgan fingerprint density at radius 1 is 0.950 bits per heavy atom. The van der Waals surface area contributed by atoms with E-state index >= 15 is 0 Å². The highest BCUT2D eigenvalue weighted by Gasteiger charge is 2.78. The summed E-state index contributed by atoms with van der Waals surface area (Å²) >= 11 is 3.32. The van der Waals surface area contributed by atoms with Crippen LogP contribution in [0.5, 0.6) is 0 Å². The molecular formula is C15H15BrO3S. The third-order valence-corrected chi connectivity index (χ3v) is 7.98. The Morgan fingerprint density at radius 3 is 2.25 bits per heavy atom. The van der Waals surface area contributed by atoms with E-state index in [1.165, 1.54) is 6.42 Å². The molecule has 0 saturated heterocycles. The lowest BCUT2D eigenvalue weighted by Gasteiger charge is -2.21. The largest absolute Gasteiger partial charge is 0.297 e. The van der Waals surface area contributed by atoms with Crippen LogP contribution in [-0.4, -0.2) is 14.5 Å². The average Bonchev–Trinajstić information content (AvgIpc) is 2.74. The van der Waals surface area contributed by atoms with Gasteiger partial charge < -0.3 is 0 Å². The van der Waals surface area contributed by atoms with E-state index in [-0.39, 0.29) is 11.0 Å². The number of benzene rings is 1. The first kappa shape index (κ1) is 12.2. The number of halogens is 1. The summed E-state index contributed by atoms with van der Waals surface area (Å²) in [5.41, 5.74) is 0. The fourth-order valence-electron chi connectivity index (χ4n) is 5.59. The van der Waals surface area contributed by atoms with Crippen molar-refractivity contribution in [2.75, 3.05) is 0 Å². The molecule has 0 radical (unpaired) electrons. The summed E-state index contributed by atoms with van der Waals surface area (Å²) in [5.74, 6) is 4.70. The first-order valence-corrected chi connectivity index (χ1v) is 9.45. The summed E-state index contributed by atoms with van der Waals surface area (Å²) in [6.07, 6.45) is 2.23. The third kappa shape index (κ3) is 1.41. The van der Waals surface area contributed by atoms with Gasteiger partial charge in [-0.15, -0.1) is 0 Å². The second kappa shape index (κ2) is 3.68. The van der Waals surface area contributed by atoms with Crippen LogP contribution in [0.15, 0.2) is 33.6 Å².